The number of benzene rings is 1. The fourth-order valence-electron chi connectivity index (χ4n) is 1.49. The molecule has 0 radical (unpaired) electrons. The molecule has 1 aromatic carbocycles. The van der Waals surface area contributed by atoms with Gasteiger partial charge >= 0.3 is 0 Å². The minimum Gasteiger partial charge on any atom is -0.496 e. The van der Waals surface area contributed by atoms with Gasteiger partial charge in [0.2, 0.25) is 0 Å². The Balaban J connectivity index is 2.62. The van der Waals surface area contributed by atoms with Gasteiger partial charge in [-0.1, -0.05) is 0 Å². The van der Waals surface area contributed by atoms with Crippen LogP contribution in [-0.4, -0.2) is 12.1 Å². The first-order chi connectivity index (χ1) is 7.70. The molecule has 0 aliphatic carbocycles. The van der Waals surface area contributed by atoms with Gasteiger partial charge in [-0.2, -0.15) is 0 Å². The zero-order valence-corrected chi connectivity index (χ0v) is 8.66. The van der Waals surface area contributed by atoms with Crippen molar-refractivity contribution < 1.29 is 9.13 Å². The van der Waals surface area contributed by atoms with Gasteiger partial charge in [-0.3, -0.25) is 4.79 Å². The number of halogens is 1. The third-order valence-electron chi connectivity index (χ3n) is 2.22. The van der Waals surface area contributed by atoms with Gasteiger partial charge in [0.15, 0.2) is 5.43 Å². The molecule has 1 heterocycles. The number of ether oxygens (including phenoxy) is 1. The molecule has 16 heavy (non-hydrogen) atoms. The summed E-state index contributed by atoms with van der Waals surface area (Å²) in [5, 5.41) is 0. The maximum atomic E-state index is 13.1. The molecule has 0 atom stereocenters. The minimum atomic E-state index is -0.375. The van der Waals surface area contributed by atoms with Crippen molar-refractivity contribution in [3.05, 3.63) is 52.6 Å². The van der Waals surface area contributed by atoms with Crippen LogP contribution in [0.5, 0.6) is 5.75 Å². The van der Waals surface area contributed by atoms with E-state index in [9.17, 15) is 9.18 Å². The molecule has 3 nitrogen and oxygen atoms in total. The Kier molecular flexibility index (Phi) is 2.72. The SMILES string of the molecule is COc1ccc(F)cc1-c1cc(=O)cc[nH]1. The molecule has 82 valence electrons. The highest BCUT2D eigenvalue weighted by molar-refractivity contribution is 5.66. The Morgan fingerprint density at radius 2 is 2.06 bits per heavy atom. The largest absolute Gasteiger partial charge is 0.496 e. The third kappa shape index (κ3) is 1.95. The number of hydrogen-bond acceptors (Lipinski definition) is 2. The lowest BCUT2D eigenvalue weighted by molar-refractivity contribution is 0.415. The van der Waals surface area contributed by atoms with Gasteiger partial charge in [-0.15, -0.1) is 0 Å². The first-order valence-corrected chi connectivity index (χ1v) is 4.73. The van der Waals surface area contributed by atoms with E-state index in [0.717, 1.165) is 0 Å². The van der Waals surface area contributed by atoms with E-state index < -0.39 is 0 Å². The minimum absolute atomic E-state index is 0.139. The molecule has 0 aliphatic rings. The van der Waals surface area contributed by atoms with E-state index in [2.05, 4.69) is 4.98 Å². The number of methoxy groups -OCH3 is 1. The second-order valence-electron chi connectivity index (χ2n) is 3.28. The van der Waals surface area contributed by atoms with Crippen LogP contribution in [0.3, 0.4) is 0 Å². The van der Waals surface area contributed by atoms with Crippen LogP contribution in [0.2, 0.25) is 0 Å². The number of hydrogen-bond donors (Lipinski definition) is 1. The number of aromatic nitrogens is 1. The maximum Gasteiger partial charge on any atom is 0.182 e. The average Bonchev–Trinajstić information content (AvgIpc) is 2.29. The fraction of sp³-hybridized carbons (Fsp3) is 0.0833. The molecule has 0 saturated heterocycles. The Hall–Kier alpha value is -2.10. The van der Waals surface area contributed by atoms with Crippen LogP contribution in [0.25, 0.3) is 11.3 Å². The summed E-state index contributed by atoms with van der Waals surface area (Å²) in [6, 6.07) is 6.95. The summed E-state index contributed by atoms with van der Waals surface area (Å²) in [6.07, 6.45) is 1.52. The van der Waals surface area contributed by atoms with Crippen molar-refractivity contribution in [2.24, 2.45) is 0 Å². The second kappa shape index (κ2) is 4.18. The van der Waals surface area contributed by atoms with E-state index in [-0.39, 0.29) is 11.2 Å². The van der Waals surface area contributed by atoms with Crippen LogP contribution in [0, 0.1) is 5.82 Å². The molecule has 0 unspecified atom stereocenters. The molecule has 1 aromatic heterocycles. The Morgan fingerprint density at radius 1 is 1.25 bits per heavy atom. The van der Waals surface area contributed by atoms with Gasteiger partial charge in [0.1, 0.15) is 11.6 Å². The smallest absolute Gasteiger partial charge is 0.182 e. The van der Waals surface area contributed by atoms with Crippen LogP contribution in [-0.2, 0) is 0 Å². The normalized spacial score (nSPS) is 10.1. The molecule has 0 bridgehead atoms. The van der Waals surface area contributed by atoms with Gasteiger partial charge in [-0.25, -0.2) is 4.39 Å². The molecule has 0 spiro atoms. The van der Waals surface area contributed by atoms with Crippen molar-refractivity contribution in [1.29, 1.82) is 0 Å². The number of H-pyrrole nitrogens is 1. The summed E-state index contributed by atoms with van der Waals surface area (Å²) in [4.78, 5) is 14.1. The average molecular weight is 219 g/mol. The van der Waals surface area contributed by atoms with Crippen molar-refractivity contribution in [1.82, 2.24) is 4.98 Å². The molecule has 2 rings (SSSR count). The quantitative estimate of drug-likeness (QED) is 0.841. The zero-order valence-electron chi connectivity index (χ0n) is 8.66. The van der Waals surface area contributed by atoms with E-state index in [0.29, 0.717) is 17.0 Å². The molecule has 2 aromatic rings. The van der Waals surface area contributed by atoms with Crippen LogP contribution in [0.15, 0.2) is 41.3 Å². The van der Waals surface area contributed by atoms with Crippen LogP contribution in [0.1, 0.15) is 0 Å². The fourth-order valence-corrected chi connectivity index (χ4v) is 1.49. The van der Waals surface area contributed by atoms with Gasteiger partial charge < -0.3 is 9.72 Å². The van der Waals surface area contributed by atoms with Gasteiger partial charge in [0, 0.05) is 23.9 Å². The van der Waals surface area contributed by atoms with E-state index in [1.54, 1.807) is 0 Å². The van der Waals surface area contributed by atoms with E-state index in [1.807, 2.05) is 0 Å². The highest BCUT2D eigenvalue weighted by atomic mass is 19.1. The summed E-state index contributed by atoms with van der Waals surface area (Å²) in [5.41, 5.74) is 0.920. The predicted octanol–water partition coefficient (Wildman–Crippen LogP) is 2.19. The van der Waals surface area contributed by atoms with E-state index >= 15 is 0 Å². The van der Waals surface area contributed by atoms with Crippen LogP contribution >= 0.6 is 0 Å². The number of aromatic amines is 1. The summed E-state index contributed by atoms with van der Waals surface area (Å²) < 4.78 is 18.2. The van der Waals surface area contributed by atoms with Gasteiger partial charge in [0.25, 0.3) is 0 Å². The monoisotopic (exact) mass is 219 g/mol. The van der Waals surface area contributed by atoms with Crippen molar-refractivity contribution >= 4 is 0 Å². The van der Waals surface area contributed by atoms with Gasteiger partial charge in [-0.05, 0) is 18.2 Å². The third-order valence-corrected chi connectivity index (χ3v) is 2.22. The molecule has 0 aliphatic heterocycles. The lowest BCUT2D eigenvalue weighted by atomic mass is 10.1. The second-order valence-corrected chi connectivity index (χ2v) is 3.28. The van der Waals surface area contributed by atoms with Crippen molar-refractivity contribution in [2.75, 3.05) is 7.11 Å². The molecule has 0 saturated carbocycles. The van der Waals surface area contributed by atoms with Crippen LogP contribution in [0.4, 0.5) is 4.39 Å². The van der Waals surface area contributed by atoms with Crippen molar-refractivity contribution in [3.63, 3.8) is 0 Å². The summed E-state index contributed by atoms with van der Waals surface area (Å²) in [7, 11) is 1.50. The molecule has 4 heteroatoms. The number of pyridine rings is 1. The maximum absolute atomic E-state index is 13.1. The van der Waals surface area contributed by atoms with Crippen molar-refractivity contribution in [3.8, 4) is 17.0 Å². The van der Waals surface area contributed by atoms with Crippen LogP contribution < -0.4 is 10.2 Å². The first kappa shape index (κ1) is 10.4. The lowest BCUT2D eigenvalue weighted by Gasteiger charge is -2.07. The summed E-state index contributed by atoms with van der Waals surface area (Å²) >= 11 is 0. The van der Waals surface area contributed by atoms with Crippen molar-refractivity contribution in [2.45, 2.75) is 0 Å². The molecule has 0 fully saturated rings. The Labute approximate surface area is 91.5 Å². The van der Waals surface area contributed by atoms with Gasteiger partial charge in [0.05, 0.1) is 12.8 Å². The molecule has 0 amide bonds. The highest BCUT2D eigenvalue weighted by Crippen LogP contribution is 2.28. The number of rotatable bonds is 2. The summed E-state index contributed by atoms with van der Waals surface area (Å²) in [5.74, 6) is 0.142. The lowest BCUT2D eigenvalue weighted by Crippen LogP contribution is -1.99. The standard InChI is InChI=1S/C12H10FNO2/c1-16-12-3-2-8(13)6-10(12)11-7-9(15)4-5-14-11/h2-7H,1H3,(H,14,15). The predicted molar refractivity (Wildman–Crippen MR) is 59.0 cm³/mol. The first-order valence-electron chi connectivity index (χ1n) is 4.73. The molecular weight excluding hydrogens is 209 g/mol. The molecular formula is C12H10FNO2. The van der Waals surface area contributed by atoms with E-state index in [4.69, 9.17) is 4.74 Å². The molecule has 1 N–H and O–H groups in total. The number of nitrogens with one attached hydrogen (secondary N) is 1. The highest BCUT2D eigenvalue weighted by Gasteiger charge is 2.07. The summed E-state index contributed by atoms with van der Waals surface area (Å²) in [6.45, 7) is 0. The van der Waals surface area contributed by atoms with E-state index in [1.165, 1.54) is 43.6 Å². The zero-order chi connectivity index (χ0) is 11.5. The Bertz CT molecular complexity index is 563. The topological polar surface area (TPSA) is 42.1 Å². The Morgan fingerprint density at radius 3 is 2.75 bits per heavy atom.